The maximum Gasteiger partial charge on any atom is 0.326 e. The van der Waals surface area contributed by atoms with Crippen LogP contribution in [0.2, 0.25) is 0 Å². The molecule has 4 aromatic carbocycles. The first kappa shape index (κ1) is 60.8. The lowest BCUT2D eigenvalue weighted by Gasteiger charge is -2.35. The van der Waals surface area contributed by atoms with Gasteiger partial charge in [-0.05, 0) is 79.1 Å². The lowest BCUT2D eigenvalue weighted by atomic mass is 9.97. The number of para-hydroxylation sites is 1. The van der Waals surface area contributed by atoms with Crippen molar-refractivity contribution in [2.24, 2.45) is 17.4 Å². The third-order valence-corrected chi connectivity index (χ3v) is 16.8. The van der Waals surface area contributed by atoms with Crippen molar-refractivity contribution < 1.29 is 53.4 Å². The molecular formula is C56H70N10O11S2. The number of hydrogen-bond donors (Lipinski definition) is 12. The summed E-state index contributed by atoms with van der Waals surface area (Å²) in [6.07, 6.45) is 1.42. The molecule has 6 rings (SSSR count). The summed E-state index contributed by atoms with van der Waals surface area (Å²) >= 11 is 0. The molecule has 0 radical (unpaired) electrons. The molecule has 1 aliphatic rings. The monoisotopic (exact) mass is 1120 g/mol. The van der Waals surface area contributed by atoms with Crippen LogP contribution in [-0.2, 0) is 62.4 Å². The summed E-state index contributed by atoms with van der Waals surface area (Å²) in [5.41, 5.74) is 14.5. The number of hydrogen-bond acceptors (Lipinski definition) is 13. The Bertz CT molecular complexity index is 2990. The first-order valence-electron chi connectivity index (χ1n) is 26.0. The fourth-order valence-electron chi connectivity index (χ4n) is 9.13. The molecule has 7 amide bonds. The van der Waals surface area contributed by atoms with Crippen LogP contribution in [0.1, 0.15) is 70.1 Å². The number of aromatic amines is 1. The molecule has 21 nitrogen and oxygen atoms in total. The van der Waals surface area contributed by atoms with E-state index in [0.29, 0.717) is 29.5 Å². The van der Waals surface area contributed by atoms with Crippen LogP contribution in [0.5, 0.6) is 0 Å². The molecule has 1 aliphatic heterocycles. The van der Waals surface area contributed by atoms with Gasteiger partial charge in [-0.15, -0.1) is 0 Å². The van der Waals surface area contributed by atoms with Gasteiger partial charge in [-0.2, -0.15) is 0 Å². The van der Waals surface area contributed by atoms with Crippen molar-refractivity contribution in [3.05, 3.63) is 120 Å². The van der Waals surface area contributed by atoms with Crippen molar-refractivity contribution in [3.63, 3.8) is 0 Å². The summed E-state index contributed by atoms with van der Waals surface area (Å²) in [4.78, 5) is 130. The summed E-state index contributed by atoms with van der Waals surface area (Å²) < 4.78 is -1.41. The Kier molecular flexibility index (Phi) is 21.9. The van der Waals surface area contributed by atoms with Crippen LogP contribution in [0.4, 0.5) is 0 Å². The van der Waals surface area contributed by atoms with Gasteiger partial charge in [-0.25, -0.2) is 4.79 Å². The molecule has 1 aromatic heterocycles. The summed E-state index contributed by atoms with van der Waals surface area (Å²) in [6, 6.07) is 17.3. The van der Waals surface area contributed by atoms with Crippen molar-refractivity contribution >= 4 is 96.6 Å². The number of carboxylic acid groups (broad SMARTS) is 2. The van der Waals surface area contributed by atoms with Crippen molar-refractivity contribution in [1.29, 1.82) is 0 Å². The van der Waals surface area contributed by atoms with E-state index in [1.807, 2.05) is 54.6 Å². The second-order valence-electron chi connectivity index (χ2n) is 20.4. The van der Waals surface area contributed by atoms with Crippen molar-refractivity contribution in [2.75, 3.05) is 12.3 Å². The molecule has 2 heterocycles. The standard InChI is InChI=1S/C56H70N10O11S2/c1-31(2)46(55(76)77)65-53(74)44-30-78-79-56(3,4)47(66-48(69)38(58)28-45(67)68)54(75)63-41(25-32-15-6-5-7-16-32)50(71)62-43(27-35-29-59-39-22-11-10-21-37(35)39)51(72)60-40(23-12-13-24-57)49(70)61-42(52(73)64-44)26-34-19-14-18-33-17-8-9-20-36(33)34/h5-11,14-22,29,31,38,40-44,46-47,59H,12-13,23-28,30,57-58H2,1-4H3,(H,60,72)(H,61,70)(H,62,71)(H,63,75)(H,64,73)(H,65,74)(H,66,69)(H,67,68)(H,76,77)/t38-,40-,41-,42-,43-,44-,46-,47+/m0/s1. The second kappa shape index (κ2) is 28.4. The predicted octanol–water partition coefficient (Wildman–Crippen LogP) is 2.59. The Morgan fingerprint density at radius 2 is 1.25 bits per heavy atom. The molecular weight excluding hydrogens is 1050 g/mol. The SMILES string of the molecule is CC(C)[C@H](NC(=O)[C@@H]1CSSC(C)(C)[C@H](NC(=O)[C@@H](N)CC(=O)O)C(=O)N[C@@H](Cc2ccccc2)C(=O)N[C@@H](Cc2c[nH]c3ccccc23)C(=O)N[C@@H](CCCCN)C(=O)N[C@@H](Cc2cccc3ccccc23)C(=O)N1)C(=O)O. The highest BCUT2D eigenvalue weighted by Crippen LogP contribution is 2.39. The Morgan fingerprint density at radius 3 is 1.91 bits per heavy atom. The number of benzene rings is 4. The molecule has 14 N–H and O–H groups in total. The van der Waals surface area contributed by atoms with E-state index in [1.54, 1.807) is 76.4 Å². The van der Waals surface area contributed by atoms with Crippen LogP contribution in [0.15, 0.2) is 103 Å². The predicted molar refractivity (Wildman–Crippen MR) is 303 cm³/mol. The number of fused-ring (bicyclic) bond motifs is 2. The summed E-state index contributed by atoms with van der Waals surface area (Å²) in [5.74, 6) is -9.59. The van der Waals surface area contributed by atoms with Gasteiger partial charge < -0.3 is 63.9 Å². The van der Waals surface area contributed by atoms with E-state index < -0.39 is 119 Å². The Hall–Kier alpha value is -7.47. The van der Waals surface area contributed by atoms with E-state index in [1.165, 1.54) is 0 Å². The molecule has 23 heteroatoms. The van der Waals surface area contributed by atoms with Gasteiger partial charge in [0.25, 0.3) is 0 Å². The number of H-pyrrole nitrogens is 1. The third-order valence-electron chi connectivity index (χ3n) is 13.5. The number of amides is 7. The third kappa shape index (κ3) is 17.0. The number of unbranched alkanes of at least 4 members (excludes halogenated alkanes) is 1. The number of nitrogens with two attached hydrogens (primary N) is 2. The fourth-order valence-corrected chi connectivity index (χ4v) is 11.9. The zero-order valence-corrected chi connectivity index (χ0v) is 46.0. The lowest BCUT2D eigenvalue weighted by Crippen LogP contribution is -2.63. The molecule has 79 heavy (non-hydrogen) atoms. The van der Waals surface area contributed by atoms with Gasteiger partial charge in [-0.1, -0.05) is 126 Å². The molecule has 0 aliphatic carbocycles. The van der Waals surface area contributed by atoms with Gasteiger partial charge in [0.15, 0.2) is 0 Å². The second-order valence-corrected chi connectivity index (χ2v) is 23.4. The van der Waals surface area contributed by atoms with Crippen molar-refractivity contribution in [1.82, 2.24) is 42.2 Å². The molecule has 8 atom stereocenters. The molecule has 0 unspecified atom stereocenters. The first-order chi connectivity index (χ1) is 37.6. The fraction of sp³-hybridized carbons (Fsp3) is 0.411. The Morgan fingerprint density at radius 1 is 0.684 bits per heavy atom. The van der Waals surface area contributed by atoms with E-state index in [9.17, 15) is 48.6 Å². The van der Waals surface area contributed by atoms with Crippen LogP contribution in [0.25, 0.3) is 21.7 Å². The quantitative estimate of drug-likeness (QED) is 0.0443. The molecule has 1 fully saturated rings. The zero-order valence-electron chi connectivity index (χ0n) is 44.4. The minimum atomic E-state index is -1.61. The van der Waals surface area contributed by atoms with Crippen LogP contribution in [-0.4, -0.2) is 134 Å². The summed E-state index contributed by atoms with van der Waals surface area (Å²) in [6.45, 7) is 6.60. The average molecular weight is 1120 g/mol. The summed E-state index contributed by atoms with van der Waals surface area (Å²) in [7, 11) is 1.97. The minimum Gasteiger partial charge on any atom is -0.481 e. The molecule has 422 valence electrons. The molecule has 5 aromatic rings. The highest BCUT2D eigenvalue weighted by Gasteiger charge is 2.42. The number of carbonyl (C=O) groups is 9. The largest absolute Gasteiger partial charge is 0.481 e. The maximum absolute atomic E-state index is 15.0. The van der Waals surface area contributed by atoms with Crippen LogP contribution in [0, 0.1) is 5.92 Å². The van der Waals surface area contributed by atoms with Crippen molar-refractivity contribution in [3.8, 4) is 0 Å². The summed E-state index contributed by atoms with van der Waals surface area (Å²) in [5, 5.41) is 41.2. The molecule has 0 spiro atoms. The smallest absolute Gasteiger partial charge is 0.326 e. The minimum absolute atomic E-state index is 0.0432. The van der Waals surface area contributed by atoms with Gasteiger partial charge in [0.2, 0.25) is 41.4 Å². The van der Waals surface area contributed by atoms with Crippen LogP contribution >= 0.6 is 21.6 Å². The normalized spacial score (nSPS) is 21.6. The molecule has 1 saturated heterocycles. The first-order valence-corrected chi connectivity index (χ1v) is 28.4. The van der Waals surface area contributed by atoms with E-state index in [4.69, 9.17) is 11.5 Å². The topological polar surface area (TPSA) is 346 Å². The van der Waals surface area contributed by atoms with E-state index in [2.05, 4.69) is 42.2 Å². The highest BCUT2D eigenvalue weighted by molar-refractivity contribution is 8.77. The van der Waals surface area contributed by atoms with Gasteiger partial charge in [0.1, 0.15) is 42.3 Å². The number of aromatic nitrogens is 1. The zero-order chi connectivity index (χ0) is 57.4. The lowest BCUT2D eigenvalue weighted by molar-refractivity contribution is -0.143. The van der Waals surface area contributed by atoms with Crippen molar-refractivity contribution in [2.45, 2.75) is 126 Å². The average Bonchev–Trinajstić information content (AvgIpc) is 3.86. The number of nitrogens with one attached hydrogen (secondary N) is 8. The Labute approximate surface area is 465 Å². The van der Waals surface area contributed by atoms with E-state index in [0.717, 1.165) is 43.3 Å². The molecule has 0 bridgehead atoms. The van der Waals surface area contributed by atoms with Gasteiger partial charge in [0.05, 0.1) is 12.5 Å². The number of carboxylic acids is 2. The molecule has 0 saturated carbocycles. The van der Waals surface area contributed by atoms with Gasteiger partial charge in [-0.3, -0.25) is 38.4 Å². The van der Waals surface area contributed by atoms with Gasteiger partial charge >= 0.3 is 11.9 Å². The van der Waals surface area contributed by atoms with Crippen LogP contribution < -0.4 is 48.7 Å². The number of rotatable bonds is 18. The van der Waals surface area contributed by atoms with E-state index >= 15 is 4.79 Å². The number of carbonyl (C=O) groups excluding carboxylic acids is 7. The van der Waals surface area contributed by atoms with E-state index in [-0.39, 0.29) is 38.0 Å². The number of aliphatic carboxylic acids is 2. The van der Waals surface area contributed by atoms with Gasteiger partial charge in [0, 0.05) is 46.9 Å². The highest BCUT2D eigenvalue weighted by atomic mass is 33.1. The van der Waals surface area contributed by atoms with Crippen LogP contribution in [0.3, 0.4) is 0 Å². The maximum atomic E-state index is 15.0. The Balaban J connectivity index is 1.49.